The molecule has 252 valence electrons. The van der Waals surface area contributed by atoms with Crippen molar-refractivity contribution in [2.75, 3.05) is 0 Å². The zero-order valence-corrected chi connectivity index (χ0v) is 31.5. The van der Waals surface area contributed by atoms with E-state index < -0.39 is 0 Å². The molecule has 47 heavy (non-hydrogen) atoms. The molecule has 0 saturated carbocycles. The fraction of sp³-hybridized carbons (Fsp3) is 0.362. The Hall–Kier alpha value is -3.90. The summed E-state index contributed by atoms with van der Waals surface area (Å²) >= 11 is 0. The van der Waals surface area contributed by atoms with Gasteiger partial charge in [-0.1, -0.05) is 185 Å². The van der Waals surface area contributed by atoms with E-state index >= 15 is 0 Å². The van der Waals surface area contributed by atoms with Crippen molar-refractivity contribution < 1.29 is 0 Å². The molecule has 0 aliphatic carbocycles. The zero-order chi connectivity index (χ0) is 34.9. The minimum absolute atomic E-state index is 1.14. The molecule has 0 unspecified atom stereocenters. The van der Waals surface area contributed by atoms with Gasteiger partial charge in [0.05, 0.1) is 0 Å². The SMILES string of the molecule is CCCCc1ccc(C)cc1.CCc1cc(C)cc(CC)c1.CCc1ccc(C)cc1.CCc1ccccc1C.Cc1ccccc1. The Balaban J connectivity index is 0.000000296. The fourth-order valence-corrected chi connectivity index (χ4v) is 4.86. The number of benzene rings is 5. The van der Waals surface area contributed by atoms with E-state index in [0.29, 0.717) is 0 Å². The maximum atomic E-state index is 2.30. The predicted molar refractivity (Wildman–Crippen MR) is 212 cm³/mol. The van der Waals surface area contributed by atoms with E-state index in [9.17, 15) is 0 Å². The first kappa shape index (κ1) is 41.1. The van der Waals surface area contributed by atoms with Gasteiger partial charge in [-0.3, -0.25) is 0 Å². The highest BCUT2D eigenvalue weighted by Gasteiger charge is 1.94. The molecular weight excluding hydrogens is 565 g/mol. The summed E-state index contributed by atoms with van der Waals surface area (Å²) in [7, 11) is 0. The van der Waals surface area contributed by atoms with E-state index in [0.717, 1.165) is 25.7 Å². The fourth-order valence-electron chi connectivity index (χ4n) is 4.86. The highest BCUT2D eigenvalue weighted by molar-refractivity contribution is 5.29. The molecule has 0 aliphatic heterocycles. The second-order valence-corrected chi connectivity index (χ2v) is 12.4. The Morgan fingerprint density at radius 3 is 1.19 bits per heavy atom. The summed E-state index contributed by atoms with van der Waals surface area (Å²) in [6.07, 6.45) is 8.41. The lowest BCUT2D eigenvalue weighted by molar-refractivity contribution is 0.795. The number of unbranched alkanes of at least 4 members (excludes halogenated alkanes) is 1. The van der Waals surface area contributed by atoms with Gasteiger partial charge in [-0.2, -0.15) is 0 Å². The van der Waals surface area contributed by atoms with Crippen LogP contribution in [0.2, 0.25) is 0 Å². The summed E-state index contributed by atoms with van der Waals surface area (Å²) in [5.74, 6) is 0. The lowest BCUT2D eigenvalue weighted by Crippen LogP contribution is -1.87. The van der Waals surface area contributed by atoms with Crippen molar-refractivity contribution in [2.45, 2.75) is 114 Å². The van der Waals surface area contributed by atoms with Crippen molar-refractivity contribution in [3.05, 3.63) is 177 Å². The van der Waals surface area contributed by atoms with Gasteiger partial charge in [0.25, 0.3) is 0 Å². The molecule has 0 radical (unpaired) electrons. The number of rotatable bonds is 7. The average Bonchev–Trinajstić information content (AvgIpc) is 3.10. The molecule has 5 aromatic carbocycles. The molecule has 0 spiro atoms. The van der Waals surface area contributed by atoms with Crippen LogP contribution in [0, 0.1) is 34.6 Å². The van der Waals surface area contributed by atoms with Gasteiger partial charge < -0.3 is 0 Å². The molecular formula is C47H64. The summed E-state index contributed by atoms with van der Waals surface area (Å²) in [6, 6.07) is 43.1. The first-order valence-corrected chi connectivity index (χ1v) is 17.9. The Morgan fingerprint density at radius 1 is 0.362 bits per heavy atom. The highest BCUT2D eigenvalue weighted by Crippen LogP contribution is 2.11. The third kappa shape index (κ3) is 19.4. The maximum absolute atomic E-state index is 2.30. The summed E-state index contributed by atoms with van der Waals surface area (Å²) in [5, 5.41) is 0. The Bertz CT molecular complexity index is 1440. The standard InChI is InChI=1S/2C11H16.2C9H12.C7H8/c1-4-10-6-9(3)7-11(5-2)8-10;1-3-4-5-11-8-6-10(2)7-9-11;1-3-9-6-4-8(2)5-7-9;1-3-9-7-5-4-6-8(9)2;1-7-5-3-2-4-6-7/h6-8H,4-5H2,1-3H3;6-9H,3-5H2,1-2H3;2*4-7H,3H2,1-2H3;2-6H,1H3. The molecule has 0 amide bonds. The summed E-state index contributed by atoms with van der Waals surface area (Å²) in [4.78, 5) is 0. The zero-order valence-electron chi connectivity index (χ0n) is 31.5. The van der Waals surface area contributed by atoms with Gasteiger partial charge in [0.1, 0.15) is 0 Å². The first-order valence-electron chi connectivity index (χ1n) is 17.9. The van der Waals surface area contributed by atoms with Gasteiger partial charge in [0, 0.05) is 0 Å². The van der Waals surface area contributed by atoms with Gasteiger partial charge >= 0.3 is 0 Å². The molecule has 0 heterocycles. The van der Waals surface area contributed by atoms with Gasteiger partial charge in [-0.05, 0) is 107 Å². The normalized spacial score (nSPS) is 9.66. The van der Waals surface area contributed by atoms with E-state index in [2.05, 4.69) is 172 Å². The number of hydrogen-bond acceptors (Lipinski definition) is 0. The minimum atomic E-state index is 1.14. The molecule has 0 bridgehead atoms. The van der Waals surface area contributed by atoms with Gasteiger partial charge in [0.15, 0.2) is 0 Å². The van der Waals surface area contributed by atoms with Crippen molar-refractivity contribution in [3.63, 3.8) is 0 Å². The molecule has 0 aromatic heterocycles. The highest BCUT2D eigenvalue weighted by atomic mass is 14.0. The van der Waals surface area contributed by atoms with E-state index in [1.54, 1.807) is 0 Å². The minimum Gasteiger partial charge on any atom is -0.0654 e. The van der Waals surface area contributed by atoms with Crippen molar-refractivity contribution >= 4 is 0 Å². The Morgan fingerprint density at radius 2 is 0.809 bits per heavy atom. The van der Waals surface area contributed by atoms with Crippen LogP contribution in [-0.2, 0) is 32.1 Å². The topological polar surface area (TPSA) is 0 Å². The monoisotopic (exact) mass is 629 g/mol. The van der Waals surface area contributed by atoms with Crippen LogP contribution in [0.25, 0.3) is 0 Å². The molecule has 0 N–H and O–H groups in total. The van der Waals surface area contributed by atoms with Gasteiger partial charge in [-0.15, -0.1) is 0 Å². The molecule has 0 saturated heterocycles. The van der Waals surface area contributed by atoms with Crippen molar-refractivity contribution in [1.82, 2.24) is 0 Å². The summed E-state index contributed by atoms with van der Waals surface area (Å²) < 4.78 is 0. The van der Waals surface area contributed by atoms with Gasteiger partial charge in [0.2, 0.25) is 0 Å². The molecule has 0 heteroatoms. The van der Waals surface area contributed by atoms with Crippen molar-refractivity contribution in [3.8, 4) is 0 Å². The Kier molecular flexibility index (Phi) is 22.1. The van der Waals surface area contributed by atoms with Crippen molar-refractivity contribution in [2.24, 2.45) is 0 Å². The van der Waals surface area contributed by atoms with E-state index in [4.69, 9.17) is 0 Å². The summed E-state index contributed by atoms with van der Waals surface area (Å²) in [6.45, 7) is 21.6. The lowest BCUT2D eigenvalue weighted by Gasteiger charge is -2.02. The third-order valence-corrected chi connectivity index (χ3v) is 8.06. The first-order chi connectivity index (χ1) is 22.6. The van der Waals surface area contributed by atoms with Gasteiger partial charge in [-0.25, -0.2) is 0 Å². The summed E-state index contributed by atoms with van der Waals surface area (Å²) in [5.41, 5.74) is 14.1. The Labute approximate surface area is 290 Å². The van der Waals surface area contributed by atoms with Crippen LogP contribution in [-0.4, -0.2) is 0 Å². The number of hydrogen-bond donors (Lipinski definition) is 0. The largest absolute Gasteiger partial charge is 0.0654 e. The third-order valence-electron chi connectivity index (χ3n) is 8.06. The van der Waals surface area contributed by atoms with Crippen LogP contribution in [0.1, 0.15) is 103 Å². The second kappa shape index (κ2) is 25.2. The molecule has 0 aliphatic rings. The quantitative estimate of drug-likeness (QED) is 0.168. The molecule has 5 rings (SSSR count). The molecule has 0 atom stereocenters. The van der Waals surface area contributed by atoms with E-state index in [1.807, 2.05) is 18.2 Å². The van der Waals surface area contributed by atoms with Crippen LogP contribution >= 0.6 is 0 Å². The van der Waals surface area contributed by atoms with E-state index in [-0.39, 0.29) is 0 Å². The van der Waals surface area contributed by atoms with Crippen LogP contribution in [0.15, 0.2) is 121 Å². The smallest absolute Gasteiger partial charge is 0.0279 e. The average molecular weight is 629 g/mol. The maximum Gasteiger partial charge on any atom is -0.0279 e. The molecule has 5 aromatic rings. The van der Waals surface area contributed by atoms with Crippen LogP contribution in [0.4, 0.5) is 0 Å². The van der Waals surface area contributed by atoms with E-state index in [1.165, 1.54) is 74.9 Å². The number of aryl methyl sites for hydroxylation is 10. The van der Waals surface area contributed by atoms with Crippen molar-refractivity contribution in [1.29, 1.82) is 0 Å². The second-order valence-electron chi connectivity index (χ2n) is 12.4. The van der Waals surface area contributed by atoms with Crippen LogP contribution in [0.5, 0.6) is 0 Å². The molecule has 0 nitrogen and oxygen atoms in total. The molecule has 0 fully saturated rings. The van der Waals surface area contributed by atoms with Crippen LogP contribution in [0.3, 0.4) is 0 Å². The lowest BCUT2D eigenvalue weighted by atomic mass is 10.0. The predicted octanol–water partition coefficient (Wildman–Crippen LogP) is 13.6. The van der Waals surface area contributed by atoms with Crippen LogP contribution < -0.4 is 0 Å².